The number of rotatable bonds is 6. The monoisotopic (exact) mass is 475 g/mol. The first kappa shape index (κ1) is 23.4. The van der Waals surface area contributed by atoms with Crippen LogP contribution >= 0.6 is 0 Å². The molecular weight excluding hydrogens is 454 g/mol. The van der Waals surface area contributed by atoms with Crippen LogP contribution in [0.4, 0.5) is 5.69 Å². The summed E-state index contributed by atoms with van der Waals surface area (Å²) in [6, 6.07) is 13.2. The fraction of sp³-hybridized carbons (Fsp3) is 0.200. The van der Waals surface area contributed by atoms with E-state index in [-0.39, 0.29) is 35.1 Å². The Morgan fingerprint density at radius 1 is 1.20 bits per heavy atom. The molecule has 1 atom stereocenters. The van der Waals surface area contributed by atoms with Crippen LogP contribution in [0, 0.1) is 35.3 Å². The molecule has 10 nitrogen and oxygen atoms in total. The Bertz CT molecular complexity index is 1470. The molecule has 10 heteroatoms. The highest BCUT2D eigenvalue weighted by Gasteiger charge is 2.34. The van der Waals surface area contributed by atoms with E-state index in [4.69, 9.17) is 24.4 Å². The van der Waals surface area contributed by atoms with E-state index in [2.05, 4.69) is 0 Å². The van der Waals surface area contributed by atoms with Crippen molar-refractivity contribution in [3.05, 3.63) is 102 Å². The number of ether oxygens (including phenoxy) is 3. The third-order valence-corrected chi connectivity index (χ3v) is 5.65. The second-order valence-electron chi connectivity index (χ2n) is 7.91. The summed E-state index contributed by atoms with van der Waals surface area (Å²) in [6.45, 7) is 3.30. The van der Waals surface area contributed by atoms with Gasteiger partial charge in [-0.2, -0.15) is 5.26 Å². The largest absolute Gasteiger partial charge is 0.496 e. The lowest BCUT2D eigenvalue weighted by Crippen LogP contribution is -2.26. The number of allylic oxidation sites excluding steroid dienone is 1. The first-order chi connectivity index (χ1) is 16.7. The first-order valence-corrected chi connectivity index (χ1v) is 10.5. The summed E-state index contributed by atoms with van der Waals surface area (Å²) in [5.74, 6) is 0.635. The summed E-state index contributed by atoms with van der Waals surface area (Å²) in [7, 11) is 1.51. The molecule has 0 amide bonds. The van der Waals surface area contributed by atoms with E-state index >= 15 is 0 Å². The van der Waals surface area contributed by atoms with Gasteiger partial charge in [-0.15, -0.1) is 0 Å². The summed E-state index contributed by atoms with van der Waals surface area (Å²) < 4.78 is 22.1. The molecule has 1 aliphatic rings. The summed E-state index contributed by atoms with van der Waals surface area (Å²) >= 11 is 0. The fourth-order valence-corrected chi connectivity index (χ4v) is 4.03. The standard InChI is InChI=1S/C25H21N3O7/c1-13-8-17(5-6-19(13)28(30)31)33-12-16-10-15(4-7-20(16)32-3)22-18(11-26)24(27)35-21-9-14(2)34-25(29)23(21)22/h4-10,22H,12,27H2,1-3H3/t22-/m0/s1. The molecule has 2 N–H and O–H groups in total. The van der Waals surface area contributed by atoms with Crippen molar-refractivity contribution in [2.45, 2.75) is 26.4 Å². The molecule has 2 heterocycles. The molecule has 0 bridgehead atoms. The number of hydrogen-bond donors (Lipinski definition) is 1. The molecule has 2 aromatic carbocycles. The number of methoxy groups -OCH3 is 1. The number of nitrogens with zero attached hydrogens (tertiary/aromatic N) is 2. The number of nitrogens with two attached hydrogens (primary N) is 1. The van der Waals surface area contributed by atoms with Crippen molar-refractivity contribution in [1.29, 1.82) is 5.26 Å². The highest BCUT2D eigenvalue weighted by Crippen LogP contribution is 2.41. The Morgan fingerprint density at radius 3 is 2.63 bits per heavy atom. The fourth-order valence-electron chi connectivity index (χ4n) is 4.03. The number of fused-ring (bicyclic) bond motifs is 1. The van der Waals surface area contributed by atoms with E-state index in [1.807, 2.05) is 6.07 Å². The lowest BCUT2D eigenvalue weighted by molar-refractivity contribution is -0.385. The van der Waals surface area contributed by atoms with Gasteiger partial charge in [0.05, 0.1) is 23.5 Å². The molecule has 35 heavy (non-hydrogen) atoms. The molecule has 0 spiro atoms. The van der Waals surface area contributed by atoms with Crippen LogP contribution in [0.5, 0.6) is 17.2 Å². The van der Waals surface area contributed by atoms with E-state index in [9.17, 15) is 20.2 Å². The van der Waals surface area contributed by atoms with Crippen LogP contribution in [0.25, 0.3) is 0 Å². The van der Waals surface area contributed by atoms with Gasteiger partial charge >= 0.3 is 5.63 Å². The molecule has 3 aromatic rings. The zero-order valence-electron chi connectivity index (χ0n) is 19.2. The van der Waals surface area contributed by atoms with E-state index < -0.39 is 16.5 Å². The van der Waals surface area contributed by atoms with Crippen LogP contribution in [-0.2, 0) is 6.61 Å². The van der Waals surface area contributed by atoms with Crippen molar-refractivity contribution >= 4 is 5.69 Å². The molecule has 0 aliphatic carbocycles. The van der Waals surface area contributed by atoms with Crippen molar-refractivity contribution < 1.29 is 23.6 Å². The maximum absolute atomic E-state index is 12.7. The summed E-state index contributed by atoms with van der Waals surface area (Å²) in [4.78, 5) is 23.4. The highest BCUT2D eigenvalue weighted by molar-refractivity contribution is 5.56. The van der Waals surface area contributed by atoms with Crippen molar-refractivity contribution in [2.75, 3.05) is 7.11 Å². The van der Waals surface area contributed by atoms with Crippen molar-refractivity contribution in [2.24, 2.45) is 5.73 Å². The van der Waals surface area contributed by atoms with Crippen LogP contribution in [0.1, 0.15) is 33.9 Å². The van der Waals surface area contributed by atoms with E-state index in [0.29, 0.717) is 33.9 Å². The lowest BCUT2D eigenvalue weighted by atomic mass is 9.83. The molecule has 1 aliphatic heterocycles. The number of hydrogen-bond acceptors (Lipinski definition) is 9. The second kappa shape index (κ2) is 9.23. The van der Waals surface area contributed by atoms with Crippen LogP contribution in [-0.4, -0.2) is 12.0 Å². The first-order valence-electron chi connectivity index (χ1n) is 10.5. The SMILES string of the molecule is COc1ccc([C@H]2C(C#N)=C(N)Oc3cc(C)oc(=O)c32)cc1COc1ccc([N+](=O)[O-])c(C)c1. The Balaban J connectivity index is 1.74. The number of aryl methyl sites for hydroxylation is 2. The van der Waals surface area contributed by atoms with E-state index in [1.54, 1.807) is 44.2 Å². The van der Waals surface area contributed by atoms with Crippen LogP contribution in [0.3, 0.4) is 0 Å². The summed E-state index contributed by atoms with van der Waals surface area (Å²) in [6.07, 6.45) is 0. The van der Waals surface area contributed by atoms with Crippen molar-refractivity contribution in [1.82, 2.24) is 0 Å². The zero-order valence-corrected chi connectivity index (χ0v) is 19.2. The molecule has 178 valence electrons. The predicted molar refractivity (Wildman–Crippen MR) is 124 cm³/mol. The Labute approximate surface area is 199 Å². The molecule has 1 aromatic heterocycles. The minimum atomic E-state index is -0.813. The van der Waals surface area contributed by atoms with Crippen molar-refractivity contribution in [3.8, 4) is 23.3 Å². The van der Waals surface area contributed by atoms with Gasteiger partial charge < -0.3 is 24.4 Å². The third kappa shape index (κ3) is 4.39. The normalized spacial score (nSPS) is 14.5. The van der Waals surface area contributed by atoms with E-state index in [1.165, 1.54) is 19.2 Å². The van der Waals surface area contributed by atoms with Gasteiger partial charge in [0.2, 0.25) is 5.88 Å². The third-order valence-electron chi connectivity index (χ3n) is 5.65. The van der Waals surface area contributed by atoms with E-state index in [0.717, 1.165) is 0 Å². The number of nitriles is 1. The van der Waals surface area contributed by atoms with Gasteiger partial charge in [-0.1, -0.05) is 6.07 Å². The van der Waals surface area contributed by atoms with Gasteiger partial charge in [-0.25, -0.2) is 4.79 Å². The molecule has 0 saturated carbocycles. The maximum Gasteiger partial charge on any atom is 0.343 e. The smallest absolute Gasteiger partial charge is 0.343 e. The summed E-state index contributed by atoms with van der Waals surface area (Å²) in [5, 5.41) is 20.8. The lowest BCUT2D eigenvalue weighted by Gasteiger charge is -2.25. The van der Waals surface area contributed by atoms with Crippen LogP contribution in [0.15, 0.2) is 63.1 Å². The van der Waals surface area contributed by atoms with Gasteiger partial charge in [-0.3, -0.25) is 10.1 Å². The second-order valence-corrected chi connectivity index (χ2v) is 7.91. The van der Waals surface area contributed by atoms with Crippen molar-refractivity contribution in [3.63, 3.8) is 0 Å². The van der Waals surface area contributed by atoms with Gasteiger partial charge in [0.1, 0.15) is 41.3 Å². The topological polar surface area (TPSA) is 151 Å². The molecule has 4 rings (SSSR count). The molecule has 0 unspecified atom stereocenters. The van der Waals surface area contributed by atoms with Gasteiger partial charge in [0, 0.05) is 23.3 Å². The van der Waals surface area contributed by atoms with Gasteiger partial charge in [0.15, 0.2) is 0 Å². The van der Waals surface area contributed by atoms with Crippen LogP contribution in [0.2, 0.25) is 0 Å². The summed E-state index contributed by atoms with van der Waals surface area (Å²) in [5.41, 5.74) is 7.32. The molecule has 0 fully saturated rings. The number of nitro groups is 1. The maximum atomic E-state index is 12.7. The highest BCUT2D eigenvalue weighted by atomic mass is 16.6. The quantitative estimate of drug-likeness (QED) is 0.412. The number of nitro benzene ring substituents is 1. The Hall–Kier alpha value is -4.78. The minimum Gasteiger partial charge on any atom is -0.496 e. The zero-order chi connectivity index (χ0) is 25.3. The number of benzene rings is 2. The minimum absolute atomic E-state index is 0.00223. The van der Waals surface area contributed by atoms with Gasteiger partial charge in [-0.05, 0) is 43.7 Å². The van der Waals surface area contributed by atoms with Gasteiger partial charge in [0.25, 0.3) is 5.69 Å². The molecular formula is C25H21N3O7. The molecule has 0 radical (unpaired) electrons. The Kier molecular flexibility index (Phi) is 6.16. The average molecular weight is 475 g/mol. The average Bonchev–Trinajstić information content (AvgIpc) is 2.81. The molecule has 0 saturated heterocycles. The Morgan fingerprint density at radius 2 is 1.97 bits per heavy atom. The van der Waals surface area contributed by atoms with Crippen LogP contribution < -0.4 is 25.6 Å². The predicted octanol–water partition coefficient (Wildman–Crippen LogP) is 3.97.